The molecule has 0 bridgehead atoms. The molecule has 0 saturated carbocycles. The van der Waals surface area contributed by atoms with Crippen LogP contribution in [0.1, 0.15) is 40.5 Å². The second kappa shape index (κ2) is 8.65. The molecule has 1 N–H and O–H groups in total. The molecule has 0 aliphatic carbocycles. The molecule has 0 aromatic carbocycles. The van der Waals surface area contributed by atoms with E-state index in [-0.39, 0.29) is 23.3 Å². The number of hydrogen-bond acceptors (Lipinski definition) is 4. The number of carbonyl (C=O) groups is 2. The van der Waals surface area contributed by atoms with Crippen molar-refractivity contribution in [2.45, 2.75) is 20.3 Å². The van der Waals surface area contributed by atoms with Crippen LogP contribution in [0.3, 0.4) is 0 Å². The Morgan fingerprint density at radius 1 is 1.18 bits per heavy atom. The summed E-state index contributed by atoms with van der Waals surface area (Å²) in [6.07, 6.45) is 5.95. The lowest BCUT2D eigenvalue weighted by atomic mass is 10.2. The van der Waals surface area contributed by atoms with Gasteiger partial charge < -0.3 is 10.2 Å². The third-order valence-corrected chi connectivity index (χ3v) is 4.46. The molecule has 146 valence electrons. The summed E-state index contributed by atoms with van der Waals surface area (Å²) >= 11 is 0. The fourth-order valence-electron chi connectivity index (χ4n) is 2.85. The van der Waals surface area contributed by atoms with E-state index in [0.717, 1.165) is 12.0 Å². The molecule has 2 amide bonds. The Labute approximate surface area is 164 Å². The Balaban J connectivity index is 1.81. The van der Waals surface area contributed by atoms with Gasteiger partial charge in [0.1, 0.15) is 0 Å². The molecule has 0 radical (unpaired) electrons. The van der Waals surface area contributed by atoms with Crippen molar-refractivity contribution in [3.63, 3.8) is 0 Å². The van der Waals surface area contributed by atoms with Crippen LogP contribution in [-0.4, -0.2) is 51.2 Å². The van der Waals surface area contributed by atoms with E-state index in [1.165, 1.54) is 0 Å². The lowest BCUT2D eigenvalue weighted by Gasteiger charge is -2.16. The van der Waals surface area contributed by atoms with E-state index in [1.54, 1.807) is 41.0 Å². The van der Waals surface area contributed by atoms with Crippen molar-refractivity contribution in [2.75, 3.05) is 20.1 Å². The molecule has 0 spiro atoms. The number of carbonyl (C=O) groups excluding carboxylic acids is 2. The van der Waals surface area contributed by atoms with Crippen molar-refractivity contribution in [1.82, 2.24) is 24.6 Å². The second-order valence-electron chi connectivity index (χ2n) is 7.18. The van der Waals surface area contributed by atoms with Gasteiger partial charge in [-0.3, -0.25) is 19.0 Å². The van der Waals surface area contributed by atoms with Gasteiger partial charge in [0.25, 0.3) is 11.8 Å². The van der Waals surface area contributed by atoms with Crippen LogP contribution >= 0.6 is 0 Å². The van der Waals surface area contributed by atoms with Crippen molar-refractivity contribution in [2.24, 2.45) is 5.92 Å². The van der Waals surface area contributed by atoms with Gasteiger partial charge >= 0.3 is 0 Å². The molecule has 0 fully saturated rings. The minimum absolute atomic E-state index is 0.224. The maximum Gasteiger partial charge on any atom is 0.290 e. The van der Waals surface area contributed by atoms with Crippen LogP contribution in [0.4, 0.5) is 0 Å². The molecule has 0 aliphatic heterocycles. The van der Waals surface area contributed by atoms with E-state index in [2.05, 4.69) is 15.3 Å². The molecule has 0 aliphatic rings. The quantitative estimate of drug-likeness (QED) is 0.684. The summed E-state index contributed by atoms with van der Waals surface area (Å²) in [4.78, 5) is 35.6. The van der Waals surface area contributed by atoms with Gasteiger partial charge in [0.2, 0.25) is 5.82 Å². The van der Waals surface area contributed by atoms with E-state index < -0.39 is 0 Å². The summed E-state index contributed by atoms with van der Waals surface area (Å²) in [6.45, 7) is 5.15. The van der Waals surface area contributed by atoms with Gasteiger partial charge in [-0.05, 0) is 42.2 Å². The first-order valence-electron chi connectivity index (χ1n) is 9.37. The van der Waals surface area contributed by atoms with E-state index in [9.17, 15) is 9.59 Å². The van der Waals surface area contributed by atoms with Crippen LogP contribution in [0.15, 0.2) is 48.9 Å². The van der Waals surface area contributed by atoms with Crippen LogP contribution in [0, 0.1) is 5.92 Å². The van der Waals surface area contributed by atoms with E-state index in [1.807, 2.05) is 38.1 Å². The fourth-order valence-corrected chi connectivity index (χ4v) is 2.85. The lowest BCUT2D eigenvalue weighted by molar-refractivity contribution is 0.0784. The fraction of sp³-hybridized carbons (Fsp3) is 0.333. The largest absolute Gasteiger partial charge is 0.350 e. The smallest absolute Gasteiger partial charge is 0.290 e. The molecule has 7 heteroatoms. The third-order valence-electron chi connectivity index (χ3n) is 4.46. The SMILES string of the molecule is CC(C)CNC(=O)c1nc(C(=O)N(C)CCc2ccncc2)n2ccccc12. The first-order valence-corrected chi connectivity index (χ1v) is 9.37. The normalized spacial score (nSPS) is 11.0. The number of imidazole rings is 1. The highest BCUT2D eigenvalue weighted by Gasteiger charge is 2.23. The summed E-state index contributed by atoms with van der Waals surface area (Å²) in [5.74, 6) is 0.0785. The predicted molar refractivity (Wildman–Crippen MR) is 107 cm³/mol. The predicted octanol–water partition coefficient (Wildman–Crippen LogP) is 2.43. The first-order chi connectivity index (χ1) is 13.5. The second-order valence-corrected chi connectivity index (χ2v) is 7.18. The molecule has 0 atom stereocenters. The number of aromatic nitrogens is 3. The summed E-state index contributed by atoms with van der Waals surface area (Å²) in [7, 11) is 1.74. The van der Waals surface area contributed by atoms with Crippen molar-refractivity contribution in [1.29, 1.82) is 0 Å². The Kier molecular flexibility index (Phi) is 6.03. The first kappa shape index (κ1) is 19.5. The van der Waals surface area contributed by atoms with Gasteiger partial charge in [-0.2, -0.15) is 0 Å². The number of nitrogens with one attached hydrogen (secondary N) is 1. The molecule has 3 rings (SSSR count). The third kappa shape index (κ3) is 4.36. The highest BCUT2D eigenvalue weighted by atomic mass is 16.2. The molecule has 3 aromatic heterocycles. The van der Waals surface area contributed by atoms with Crippen LogP contribution < -0.4 is 5.32 Å². The Hall–Kier alpha value is -3.22. The van der Waals surface area contributed by atoms with Crippen molar-refractivity contribution in [3.8, 4) is 0 Å². The number of nitrogens with zero attached hydrogens (tertiary/aromatic N) is 4. The average Bonchev–Trinajstić information content (AvgIpc) is 3.10. The topological polar surface area (TPSA) is 79.6 Å². The van der Waals surface area contributed by atoms with E-state index in [4.69, 9.17) is 0 Å². The van der Waals surface area contributed by atoms with Crippen LogP contribution in [0.5, 0.6) is 0 Å². The van der Waals surface area contributed by atoms with Crippen molar-refractivity contribution in [3.05, 3.63) is 66.0 Å². The van der Waals surface area contributed by atoms with Crippen molar-refractivity contribution >= 4 is 17.3 Å². The molecule has 3 aromatic rings. The molecule has 0 saturated heterocycles. The van der Waals surface area contributed by atoms with Crippen LogP contribution in [0.2, 0.25) is 0 Å². The molecular weight excluding hydrogens is 354 g/mol. The Bertz CT molecular complexity index is 965. The Morgan fingerprint density at radius 3 is 2.64 bits per heavy atom. The maximum atomic E-state index is 13.0. The molecular formula is C21H25N5O2. The minimum atomic E-state index is -0.268. The molecule has 0 unspecified atom stereocenters. The summed E-state index contributed by atoms with van der Waals surface area (Å²) in [6, 6.07) is 9.31. The van der Waals surface area contributed by atoms with Crippen molar-refractivity contribution < 1.29 is 9.59 Å². The zero-order chi connectivity index (χ0) is 20.1. The van der Waals surface area contributed by atoms with Gasteiger partial charge in [-0.25, -0.2) is 4.98 Å². The maximum absolute atomic E-state index is 13.0. The summed E-state index contributed by atoms with van der Waals surface area (Å²) < 4.78 is 1.68. The minimum Gasteiger partial charge on any atom is -0.350 e. The lowest BCUT2D eigenvalue weighted by Crippen LogP contribution is -2.31. The van der Waals surface area contributed by atoms with Gasteiger partial charge in [-0.15, -0.1) is 0 Å². The monoisotopic (exact) mass is 379 g/mol. The number of fused-ring (bicyclic) bond motifs is 1. The van der Waals surface area contributed by atoms with Gasteiger partial charge in [-0.1, -0.05) is 19.9 Å². The van der Waals surface area contributed by atoms with E-state index in [0.29, 0.717) is 24.5 Å². The zero-order valence-corrected chi connectivity index (χ0v) is 16.4. The number of hydrogen-bond donors (Lipinski definition) is 1. The van der Waals surface area contributed by atoms with Gasteiger partial charge in [0.05, 0.1) is 5.52 Å². The van der Waals surface area contributed by atoms with Gasteiger partial charge in [0, 0.05) is 38.7 Å². The van der Waals surface area contributed by atoms with Crippen LogP contribution in [-0.2, 0) is 6.42 Å². The van der Waals surface area contributed by atoms with Gasteiger partial charge in [0.15, 0.2) is 5.69 Å². The molecule has 28 heavy (non-hydrogen) atoms. The van der Waals surface area contributed by atoms with Crippen LogP contribution in [0.25, 0.3) is 5.52 Å². The average molecular weight is 379 g/mol. The summed E-state index contributed by atoms with van der Waals surface area (Å²) in [5, 5.41) is 2.87. The number of pyridine rings is 2. The summed E-state index contributed by atoms with van der Waals surface area (Å²) in [5.41, 5.74) is 2.00. The number of rotatable bonds is 7. The Morgan fingerprint density at radius 2 is 1.93 bits per heavy atom. The number of likely N-dealkylation sites (N-methyl/N-ethyl adjacent to an activating group) is 1. The number of amides is 2. The highest BCUT2D eigenvalue weighted by molar-refractivity contribution is 6.02. The zero-order valence-electron chi connectivity index (χ0n) is 16.4. The van der Waals surface area contributed by atoms with E-state index >= 15 is 0 Å². The molecule has 7 nitrogen and oxygen atoms in total. The standard InChI is InChI=1S/C21H25N5O2/c1-15(2)14-23-20(27)18-17-6-4-5-12-26(17)19(24-18)21(28)25(3)13-9-16-7-10-22-11-8-16/h4-8,10-12,15H,9,13-14H2,1-3H3,(H,23,27). The highest BCUT2D eigenvalue weighted by Crippen LogP contribution is 2.15. The molecule has 3 heterocycles.